The zero-order valence-electron chi connectivity index (χ0n) is 14.4. The Morgan fingerprint density at radius 2 is 2.04 bits per heavy atom. The van der Waals surface area contributed by atoms with Crippen LogP contribution in [0.25, 0.3) is 0 Å². The van der Waals surface area contributed by atoms with Crippen molar-refractivity contribution in [3.63, 3.8) is 0 Å². The fourth-order valence-corrected chi connectivity index (χ4v) is 3.03. The molecule has 2 aromatic rings. The molecule has 1 atom stereocenters. The van der Waals surface area contributed by atoms with Crippen LogP contribution in [0.15, 0.2) is 42.7 Å². The fourth-order valence-electron chi connectivity index (χ4n) is 3.03. The molecule has 1 aromatic heterocycles. The van der Waals surface area contributed by atoms with Crippen molar-refractivity contribution in [1.29, 1.82) is 0 Å². The van der Waals surface area contributed by atoms with Gasteiger partial charge in [-0.05, 0) is 39.2 Å². The summed E-state index contributed by atoms with van der Waals surface area (Å²) in [6.45, 7) is 3.85. The third-order valence-electron chi connectivity index (χ3n) is 4.19. The highest BCUT2D eigenvalue weighted by molar-refractivity contribution is 5.94. The van der Waals surface area contributed by atoms with Crippen LogP contribution < -0.4 is 4.74 Å². The number of benzene rings is 1. The smallest absolute Gasteiger partial charge is 0.254 e. The van der Waals surface area contributed by atoms with Gasteiger partial charge in [0.2, 0.25) is 0 Å². The minimum absolute atomic E-state index is 0.00614. The second-order valence-corrected chi connectivity index (χ2v) is 6.51. The largest absolute Gasteiger partial charge is 0.491 e. The maximum absolute atomic E-state index is 13.1. The van der Waals surface area contributed by atoms with E-state index in [0.717, 1.165) is 17.9 Å². The van der Waals surface area contributed by atoms with Gasteiger partial charge in [-0.25, -0.2) is 0 Å². The highest BCUT2D eigenvalue weighted by Gasteiger charge is 2.29. The highest BCUT2D eigenvalue weighted by atomic mass is 16.5. The lowest BCUT2D eigenvalue weighted by atomic mass is 10.1. The standard InChI is InChI=1S/C19H23N3O2/c1-14-4-5-18-16(10-14)11-22(17(13-24-18)12-21(2)3)19(23)15-6-8-20-9-7-15/h4-10,17H,11-13H2,1-3H3/t17-/m0/s1. The van der Waals surface area contributed by atoms with Crippen molar-refractivity contribution in [2.45, 2.75) is 19.5 Å². The Bertz CT molecular complexity index is 716. The van der Waals surface area contributed by atoms with Gasteiger partial charge in [-0.3, -0.25) is 9.78 Å². The molecule has 1 amide bonds. The summed E-state index contributed by atoms with van der Waals surface area (Å²) in [4.78, 5) is 21.1. The second kappa shape index (κ2) is 7.01. The third-order valence-corrected chi connectivity index (χ3v) is 4.19. The first-order valence-electron chi connectivity index (χ1n) is 8.12. The molecular weight excluding hydrogens is 302 g/mol. The minimum atomic E-state index is -0.00614. The van der Waals surface area contributed by atoms with Gasteiger partial charge in [0.1, 0.15) is 12.4 Å². The van der Waals surface area contributed by atoms with Crippen LogP contribution in [-0.2, 0) is 6.54 Å². The van der Waals surface area contributed by atoms with Gasteiger partial charge in [0.15, 0.2) is 0 Å². The maximum Gasteiger partial charge on any atom is 0.254 e. The van der Waals surface area contributed by atoms with Gasteiger partial charge in [-0.15, -0.1) is 0 Å². The molecule has 0 N–H and O–H groups in total. The predicted octanol–water partition coefficient (Wildman–Crippen LogP) is 2.36. The second-order valence-electron chi connectivity index (χ2n) is 6.51. The lowest BCUT2D eigenvalue weighted by Crippen LogP contribution is -2.47. The van der Waals surface area contributed by atoms with E-state index in [1.807, 2.05) is 31.1 Å². The minimum Gasteiger partial charge on any atom is -0.491 e. The number of amides is 1. The first-order chi connectivity index (χ1) is 11.5. The van der Waals surface area contributed by atoms with Crippen LogP contribution in [0, 0.1) is 6.92 Å². The molecule has 126 valence electrons. The maximum atomic E-state index is 13.1. The number of hydrogen-bond donors (Lipinski definition) is 0. The number of nitrogens with zero attached hydrogens (tertiary/aromatic N) is 3. The normalized spacial score (nSPS) is 17.2. The Morgan fingerprint density at radius 1 is 1.29 bits per heavy atom. The Morgan fingerprint density at radius 3 is 2.75 bits per heavy atom. The van der Waals surface area contributed by atoms with Gasteiger partial charge in [0.05, 0.1) is 12.6 Å². The molecule has 1 aromatic carbocycles. The summed E-state index contributed by atoms with van der Waals surface area (Å²) in [5.41, 5.74) is 2.88. The molecular formula is C19H23N3O2. The molecule has 0 spiro atoms. The van der Waals surface area contributed by atoms with Gasteiger partial charge in [-0.2, -0.15) is 0 Å². The van der Waals surface area contributed by atoms with Crippen LogP contribution >= 0.6 is 0 Å². The van der Waals surface area contributed by atoms with Crippen molar-refractivity contribution in [2.75, 3.05) is 27.2 Å². The quantitative estimate of drug-likeness (QED) is 0.869. The van der Waals surface area contributed by atoms with Crippen LogP contribution in [0.2, 0.25) is 0 Å². The van der Waals surface area contributed by atoms with E-state index in [1.54, 1.807) is 24.5 Å². The molecule has 0 aliphatic carbocycles. The number of hydrogen-bond acceptors (Lipinski definition) is 4. The summed E-state index contributed by atoms with van der Waals surface area (Å²) in [5, 5.41) is 0. The van der Waals surface area contributed by atoms with Crippen LogP contribution in [0.4, 0.5) is 0 Å². The number of aryl methyl sites for hydroxylation is 1. The molecule has 2 heterocycles. The van der Waals surface area contributed by atoms with E-state index < -0.39 is 0 Å². The van der Waals surface area contributed by atoms with E-state index in [-0.39, 0.29) is 11.9 Å². The van der Waals surface area contributed by atoms with Crippen molar-refractivity contribution >= 4 is 5.91 Å². The zero-order valence-corrected chi connectivity index (χ0v) is 14.4. The summed E-state index contributed by atoms with van der Waals surface area (Å²) in [7, 11) is 4.02. The Balaban J connectivity index is 1.95. The van der Waals surface area contributed by atoms with E-state index >= 15 is 0 Å². The number of carbonyl (C=O) groups is 1. The SMILES string of the molecule is Cc1ccc2c(c1)CN(C(=O)c1ccncc1)[C@@H](CN(C)C)CO2. The van der Waals surface area contributed by atoms with E-state index in [0.29, 0.717) is 18.7 Å². The Hall–Kier alpha value is -2.40. The van der Waals surface area contributed by atoms with Crippen molar-refractivity contribution in [3.8, 4) is 5.75 Å². The number of ether oxygens (including phenoxy) is 1. The summed E-state index contributed by atoms with van der Waals surface area (Å²) >= 11 is 0. The molecule has 0 fully saturated rings. The Labute approximate surface area is 142 Å². The summed E-state index contributed by atoms with van der Waals surface area (Å²) in [6.07, 6.45) is 3.31. The van der Waals surface area contributed by atoms with Gasteiger partial charge in [0, 0.05) is 30.1 Å². The topological polar surface area (TPSA) is 45.7 Å². The molecule has 0 bridgehead atoms. The first kappa shape index (κ1) is 16.5. The van der Waals surface area contributed by atoms with E-state index in [1.165, 1.54) is 5.56 Å². The number of likely N-dealkylation sites (N-methyl/N-ethyl adjacent to an activating group) is 1. The lowest BCUT2D eigenvalue weighted by molar-refractivity contribution is 0.0583. The molecule has 5 heteroatoms. The third kappa shape index (κ3) is 3.57. The van der Waals surface area contributed by atoms with Gasteiger partial charge < -0.3 is 14.5 Å². The van der Waals surface area contributed by atoms with E-state index in [4.69, 9.17) is 4.74 Å². The molecule has 0 unspecified atom stereocenters. The highest BCUT2D eigenvalue weighted by Crippen LogP contribution is 2.27. The number of fused-ring (bicyclic) bond motifs is 1. The molecule has 0 saturated heterocycles. The number of rotatable bonds is 3. The van der Waals surface area contributed by atoms with Crippen molar-refractivity contribution in [1.82, 2.24) is 14.8 Å². The van der Waals surface area contributed by atoms with Gasteiger partial charge >= 0.3 is 0 Å². The van der Waals surface area contributed by atoms with E-state index in [9.17, 15) is 4.79 Å². The van der Waals surface area contributed by atoms with Crippen molar-refractivity contribution in [3.05, 3.63) is 59.4 Å². The molecule has 5 nitrogen and oxygen atoms in total. The number of aromatic nitrogens is 1. The monoisotopic (exact) mass is 325 g/mol. The van der Waals surface area contributed by atoms with Crippen LogP contribution in [-0.4, -0.2) is 54.0 Å². The van der Waals surface area contributed by atoms with Crippen molar-refractivity contribution in [2.24, 2.45) is 0 Å². The molecule has 0 radical (unpaired) electrons. The van der Waals surface area contributed by atoms with Crippen LogP contribution in [0.3, 0.4) is 0 Å². The molecule has 3 rings (SSSR count). The average Bonchev–Trinajstić information content (AvgIpc) is 2.74. The van der Waals surface area contributed by atoms with Gasteiger partial charge in [-0.1, -0.05) is 17.7 Å². The summed E-state index contributed by atoms with van der Waals surface area (Å²) in [6, 6.07) is 9.65. The molecule has 0 saturated carbocycles. The predicted molar refractivity (Wildman–Crippen MR) is 93.1 cm³/mol. The lowest BCUT2D eigenvalue weighted by Gasteiger charge is -2.31. The van der Waals surface area contributed by atoms with Gasteiger partial charge in [0.25, 0.3) is 5.91 Å². The molecule has 1 aliphatic rings. The van der Waals surface area contributed by atoms with Crippen molar-refractivity contribution < 1.29 is 9.53 Å². The summed E-state index contributed by atoms with van der Waals surface area (Å²) < 4.78 is 6.00. The number of pyridine rings is 1. The zero-order chi connectivity index (χ0) is 17.1. The van der Waals surface area contributed by atoms with Crippen LogP contribution in [0.5, 0.6) is 5.75 Å². The van der Waals surface area contributed by atoms with Crippen LogP contribution in [0.1, 0.15) is 21.5 Å². The van der Waals surface area contributed by atoms with E-state index in [2.05, 4.69) is 22.9 Å². The molecule has 1 aliphatic heterocycles. The first-order valence-corrected chi connectivity index (χ1v) is 8.12. The fraction of sp³-hybridized carbons (Fsp3) is 0.368. The number of carbonyl (C=O) groups excluding carboxylic acids is 1. The average molecular weight is 325 g/mol. The summed E-state index contributed by atoms with van der Waals surface area (Å²) in [5.74, 6) is 0.886. The molecule has 24 heavy (non-hydrogen) atoms. The Kier molecular flexibility index (Phi) is 4.81.